The molecule has 0 fully saturated rings. The molecule has 21 heavy (non-hydrogen) atoms. The number of hydrogen-bond donors (Lipinski definition) is 2. The Hall–Kier alpha value is -1.53. The molecule has 2 N–H and O–H groups in total. The highest BCUT2D eigenvalue weighted by Crippen LogP contribution is 2.35. The molecule has 0 saturated heterocycles. The van der Waals surface area contributed by atoms with E-state index >= 15 is 0 Å². The standard InChI is InChI=1S/C14H15BrClN3O2/c1-7-12(16)14(19-8(2)18-7)17-6-9-4-10(15)13(20)11(5-9)21-3/h4-5,20H,6H2,1-3H3,(H,17,18,19). The second-order valence-electron chi connectivity index (χ2n) is 4.50. The van der Waals surface area contributed by atoms with Crippen molar-refractivity contribution in [3.63, 3.8) is 0 Å². The van der Waals surface area contributed by atoms with Gasteiger partial charge in [0.1, 0.15) is 16.7 Å². The third-order valence-electron chi connectivity index (χ3n) is 2.90. The summed E-state index contributed by atoms with van der Waals surface area (Å²) < 4.78 is 5.69. The Morgan fingerprint density at radius 3 is 2.71 bits per heavy atom. The molecule has 0 aliphatic carbocycles. The Labute approximate surface area is 136 Å². The number of nitrogens with one attached hydrogen (secondary N) is 1. The number of ether oxygens (including phenoxy) is 1. The van der Waals surface area contributed by atoms with Crippen LogP contribution in [0.3, 0.4) is 0 Å². The van der Waals surface area contributed by atoms with E-state index in [0.717, 1.165) is 11.3 Å². The highest BCUT2D eigenvalue weighted by molar-refractivity contribution is 9.10. The fraction of sp³-hybridized carbons (Fsp3) is 0.286. The molecule has 0 saturated carbocycles. The highest BCUT2D eigenvalue weighted by Gasteiger charge is 2.11. The SMILES string of the molecule is COc1cc(CNc2nc(C)nc(C)c2Cl)cc(Br)c1O. The molecule has 0 atom stereocenters. The van der Waals surface area contributed by atoms with Crippen molar-refractivity contribution in [2.75, 3.05) is 12.4 Å². The van der Waals surface area contributed by atoms with Gasteiger partial charge in [0.05, 0.1) is 17.3 Å². The molecule has 0 unspecified atom stereocenters. The average Bonchev–Trinajstić information content (AvgIpc) is 2.44. The lowest BCUT2D eigenvalue weighted by atomic mass is 10.2. The van der Waals surface area contributed by atoms with Crippen LogP contribution in [-0.2, 0) is 6.54 Å². The van der Waals surface area contributed by atoms with Crippen LogP contribution in [0.1, 0.15) is 17.1 Å². The predicted molar refractivity (Wildman–Crippen MR) is 86.2 cm³/mol. The normalized spacial score (nSPS) is 10.5. The number of halogens is 2. The lowest BCUT2D eigenvalue weighted by molar-refractivity contribution is 0.371. The van der Waals surface area contributed by atoms with E-state index in [1.165, 1.54) is 7.11 Å². The van der Waals surface area contributed by atoms with E-state index in [-0.39, 0.29) is 5.75 Å². The molecular weight excluding hydrogens is 358 g/mol. The summed E-state index contributed by atoms with van der Waals surface area (Å²) >= 11 is 9.48. The van der Waals surface area contributed by atoms with Crippen molar-refractivity contribution in [3.8, 4) is 11.5 Å². The number of methoxy groups -OCH3 is 1. The topological polar surface area (TPSA) is 67.3 Å². The minimum atomic E-state index is 0.0769. The van der Waals surface area contributed by atoms with Crippen molar-refractivity contribution in [3.05, 3.63) is 38.7 Å². The fourth-order valence-corrected chi connectivity index (χ4v) is 2.53. The number of nitrogens with zero attached hydrogens (tertiary/aromatic N) is 2. The van der Waals surface area contributed by atoms with Gasteiger partial charge in [-0.2, -0.15) is 0 Å². The summed E-state index contributed by atoms with van der Waals surface area (Å²) in [5.74, 6) is 1.73. The molecule has 1 heterocycles. The number of rotatable bonds is 4. The van der Waals surface area contributed by atoms with Gasteiger partial charge in [-0.25, -0.2) is 9.97 Å². The number of phenolic OH excluding ortho intramolecular Hbond substituents is 1. The predicted octanol–water partition coefficient (Wildman–Crippen LogP) is 3.84. The van der Waals surface area contributed by atoms with Gasteiger partial charge >= 0.3 is 0 Å². The maximum atomic E-state index is 9.79. The maximum absolute atomic E-state index is 9.79. The minimum absolute atomic E-state index is 0.0769. The van der Waals surface area contributed by atoms with Crippen molar-refractivity contribution < 1.29 is 9.84 Å². The third kappa shape index (κ3) is 3.57. The number of phenols is 1. The summed E-state index contributed by atoms with van der Waals surface area (Å²) in [6, 6.07) is 3.56. The molecule has 0 aliphatic rings. The van der Waals surface area contributed by atoms with Gasteiger partial charge in [0.15, 0.2) is 11.5 Å². The molecular formula is C14H15BrClN3O2. The Morgan fingerprint density at radius 1 is 1.33 bits per heavy atom. The molecule has 5 nitrogen and oxygen atoms in total. The Bertz CT molecular complexity index is 680. The van der Waals surface area contributed by atoms with E-state index in [1.54, 1.807) is 12.1 Å². The quantitative estimate of drug-likeness (QED) is 0.853. The Morgan fingerprint density at radius 2 is 2.05 bits per heavy atom. The minimum Gasteiger partial charge on any atom is -0.503 e. The zero-order valence-corrected chi connectivity index (χ0v) is 14.2. The highest BCUT2D eigenvalue weighted by atomic mass is 79.9. The van der Waals surface area contributed by atoms with Gasteiger partial charge in [-0.15, -0.1) is 0 Å². The van der Waals surface area contributed by atoms with Gasteiger partial charge in [-0.05, 0) is 47.5 Å². The second-order valence-corrected chi connectivity index (χ2v) is 5.73. The molecule has 1 aromatic carbocycles. The molecule has 2 rings (SSSR count). The number of hydrogen-bond acceptors (Lipinski definition) is 5. The smallest absolute Gasteiger partial charge is 0.172 e. The molecule has 2 aromatic rings. The van der Waals surface area contributed by atoms with Crippen LogP contribution in [0, 0.1) is 13.8 Å². The molecule has 112 valence electrons. The van der Waals surface area contributed by atoms with Crippen molar-refractivity contribution in [1.29, 1.82) is 0 Å². The summed E-state index contributed by atoms with van der Waals surface area (Å²) in [7, 11) is 1.51. The second kappa shape index (κ2) is 6.49. The van der Waals surface area contributed by atoms with Crippen molar-refractivity contribution in [2.45, 2.75) is 20.4 Å². The summed E-state index contributed by atoms with van der Waals surface area (Å²) in [4.78, 5) is 8.48. The van der Waals surface area contributed by atoms with Crippen molar-refractivity contribution >= 4 is 33.3 Å². The van der Waals surface area contributed by atoms with Crippen LogP contribution in [0.25, 0.3) is 0 Å². The average molecular weight is 373 g/mol. The van der Waals surface area contributed by atoms with E-state index in [4.69, 9.17) is 16.3 Å². The molecule has 0 radical (unpaired) electrons. The van der Waals surface area contributed by atoms with E-state index < -0.39 is 0 Å². The number of aryl methyl sites for hydroxylation is 2. The maximum Gasteiger partial charge on any atom is 0.172 e. The number of benzene rings is 1. The van der Waals surface area contributed by atoms with Crippen LogP contribution in [-0.4, -0.2) is 22.2 Å². The first kappa shape index (κ1) is 15.9. The summed E-state index contributed by atoms with van der Waals surface area (Å²) in [5, 5.41) is 13.5. The van der Waals surface area contributed by atoms with Crippen LogP contribution >= 0.6 is 27.5 Å². The summed E-state index contributed by atoms with van der Waals surface area (Å²) in [6.07, 6.45) is 0. The van der Waals surface area contributed by atoms with Gasteiger partial charge in [0.2, 0.25) is 0 Å². The van der Waals surface area contributed by atoms with Crippen LogP contribution in [0.4, 0.5) is 5.82 Å². The van der Waals surface area contributed by atoms with Gasteiger partial charge in [-0.1, -0.05) is 11.6 Å². The van der Waals surface area contributed by atoms with Crippen molar-refractivity contribution in [1.82, 2.24) is 9.97 Å². The lowest BCUT2D eigenvalue weighted by Crippen LogP contribution is -2.05. The zero-order chi connectivity index (χ0) is 15.6. The van der Waals surface area contributed by atoms with Crippen LogP contribution in [0.15, 0.2) is 16.6 Å². The van der Waals surface area contributed by atoms with Gasteiger partial charge in [-0.3, -0.25) is 0 Å². The number of aromatic hydroxyl groups is 1. The first-order valence-electron chi connectivity index (χ1n) is 6.22. The third-order valence-corrected chi connectivity index (χ3v) is 3.95. The number of aromatic nitrogens is 2. The van der Waals surface area contributed by atoms with Crippen LogP contribution in [0.2, 0.25) is 5.02 Å². The number of anilines is 1. The van der Waals surface area contributed by atoms with Crippen LogP contribution in [0.5, 0.6) is 11.5 Å². The lowest BCUT2D eigenvalue weighted by Gasteiger charge is -2.12. The molecule has 0 bridgehead atoms. The summed E-state index contributed by atoms with van der Waals surface area (Å²) in [6.45, 7) is 4.14. The largest absolute Gasteiger partial charge is 0.503 e. The first-order valence-corrected chi connectivity index (χ1v) is 7.39. The monoisotopic (exact) mass is 371 g/mol. The zero-order valence-electron chi connectivity index (χ0n) is 11.9. The van der Waals surface area contributed by atoms with Crippen LogP contribution < -0.4 is 10.1 Å². The van der Waals surface area contributed by atoms with Gasteiger partial charge in [0.25, 0.3) is 0 Å². The van der Waals surface area contributed by atoms with Crippen molar-refractivity contribution in [2.24, 2.45) is 0 Å². The Kier molecular flexibility index (Phi) is 4.90. The van der Waals surface area contributed by atoms with E-state index in [2.05, 4.69) is 31.2 Å². The molecule has 0 spiro atoms. The first-order chi connectivity index (χ1) is 9.92. The van der Waals surface area contributed by atoms with E-state index in [9.17, 15) is 5.11 Å². The fourth-order valence-electron chi connectivity index (χ4n) is 1.89. The van der Waals surface area contributed by atoms with Gasteiger partial charge < -0.3 is 15.2 Å². The Balaban J connectivity index is 2.23. The van der Waals surface area contributed by atoms with Gasteiger partial charge in [0, 0.05) is 6.54 Å². The molecule has 0 aliphatic heterocycles. The molecule has 7 heteroatoms. The van der Waals surface area contributed by atoms with E-state index in [0.29, 0.717) is 33.4 Å². The summed E-state index contributed by atoms with van der Waals surface area (Å²) in [5.41, 5.74) is 1.65. The van der Waals surface area contributed by atoms with E-state index in [1.807, 2.05) is 13.8 Å². The molecule has 0 amide bonds. The molecule has 1 aromatic heterocycles.